The Morgan fingerprint density at radius 1 is 1.27 bits per heavy atom. The second-order valence-corrected chi connectivity index (χ2v) is 5.45. The van der Waals surface area contributed by atoms with E-state index in [1.165, 1.54) is 44.9 Å². The average Bonchev–Trinajstić information content (AvgIpc) is 3.10. The lowest BCUT2D eigenvalue weighted by Gasteiger charge is -2.30. The molecule has 0 aromatic carbocycles. The molecule has 2 rings (SSSR count). The number of hydrogen-bond donors (Lipinski definition) is 2. The molecule has 0 aromatic rings. The summed E-state index contributed by atoms with van der Waals surface area (Å²) >= 11 is 0. The fourth-order valence-electron chi connectivity index (χ4n) is 2.78. The molecule has 0 heterocycles. The van der Waals surface area contributed by atoms with Crippen molar-refractivity contribution >= 4 is 0 Å². The van der Waals surface area contributed by atoms with Crippen LogP contribution in [0.3, 0.4) is 0 Å². The van der Waals surface area contributed by atoms with Crippen LogP contribution in [0.1, 0.15) is 51.9 Å². The van der Waals surface area contributed by atoms with E-state index in [9.17, 15) is 5.11 Å². The van der Waals surface area contributed by atoms with Gasteiger partial charge in [0.15, 0.2) is 0 Å². The molecule has 0 aliphatic heterocycles. The zero-order chi connectivity index (χ0) is 10.7. The van der Waals surface area contributed by atoms with Gasteiger partial charge in [-0.1, -0.05) is 26.2 Å². The van der Waals surface area contributed by atoms with Crippen LogP contribution < -0.4 is 5.32 Å². The highest BCUT2D eigenvalue weighted by Crippen LogP contribution is 2.32. The molecule has 15 heavy (non-hydrogen) atoms. The molecule has 0 bridgehead atoms. The Hall–Kier alpha value is -0.0800. The number of aliphatic hydroxyl groups excluding tert-OH is 1. The van der Waals surface area contributed by atoms with E-state index in [1.807, 2.05) is 0 Å². The fraction of sp³-hybridized carbons (Fsp3) is 1.00. The first kappa shape index (κ1) is 11.4. The molecule has 3 unspecified atom stereocenters. The highest BCUT2D eigenvalue weighted by molar-refractivity contribution is 4.84. The first-order valence-corrected chi connectivity index (χ1v) is 6.71. The average molecular weight is 211 g/mol. The van der Waals surface area contributed by atoms with Crippen LogP contribution in [-0.2, 0) is 0 Å². The minimum Gasteiger partial charge on any atom is -0.392 e. The van der Waals surface area contributed by atoms with Crippen LogP contribution in [0, 0.1) is 11.8 Å². The van der Waals surface area contributed by atoms with Crippen molar-refractivity contribution in [2.75, 3.05) is 6.54 Å². The van der Waals surface area contributed by atoms with Crippen LogP contribution in [0.15, 0.2) is 0 Å². The van der Waals surface area contributed by atoms with Crippen molar-refractivity contribution in [1.29, 1.82) is 0 Å². The Morgan fingerprint density at radius 2 is 2.07 bits per heavy atom. The summed E-state index contributed by atoms with van der Waals surface area (Å²) < 4.78 is 0. The molecule has 0 radical (unpaired) electrons. The standard InChI is InChI=1S/C13H25NO/c1-2-10-4-3-5-12(8-10)14-9-13(15)11-6-7-11/h10-15H,2-9H2,1H3. The van der Waals surface area contributed by atoms with Crippen LogP contribution in [0.5, 0.6) is 0 Å². The monoisotopic (exact) mass is 211 g/mol. The summed E-state index contributed by atoms with van der Waals surface area (Å²) in [7, 11) is 0. The smallest absolute Gasteiger partial charge is 0.0692 e. The third-order valence-electron chi connectivity index (χ3n) is 4.14. The van der Waals surface area contributed by atoms with Gasteiger partial charge in [0.1, 0.15) is 0 Å². The summed E-state index contributed by atoms with van der Waals surface area (Å²) in [5.41, 5.74) is 0. The number of hydrogen-bond acceptors (Lipinski definition) is 2. The molecule has 0 spiro atoms. The molecule has 2 heteroatoms. The van der Waals surface area contributed by atoms with Crippen LogP contribution in [0.4, 0.5) is 0 Å². The van der Waals surface area contributed by atoms with Gasteiger partial charge < -0.3 is 10.4 Å². The Kier molecular flexibility index (Phi) is 4.04. The summed E-state index contributed by atoms with van der Waals surface area (Å²) in [4.78, 5) is 0. The van der Waals surface area contributed by atoms with Crippen LogP contribution in [0.25, 0.3) is 0 Å². The maximum Gasteiger partial charge on any atom is 0.0692 e. The van der Waals surface area contributed by atoms with E-state index >= 15 is 0 Å². The molecule has 2 fully saturated rings. The summed E-state index contributed by atoms with van der Waals surface area (Å²) in [6, 6.07) is 0.678. The third kappa shape index (κ3) is 3.46. The second kappa shape index (κ2) is 5.31. The van der Waals surface area contributed by atoms with Crippen molar-refractivity contribution in [3.8, 4) is 0 Å². The predicted octanol–water partition coefficient (Wildman–Crippen LogP) is 2.32. The molecule has 2 aliphatic carbocycles. The van der Waals surface area contributed by atoms with Crippen molar-refractivity contribution in [1.82, 2.24) is 5.32 Å². The zero-order valence-corrected chi connectivity index (χ0v) is 9.91. The highest BCUT2D eigenvalue weighted by atomic mass is 16.3. The molecule has 88 valence electrons. The third-order valence-corrected chi connectivity index (χ3v) is 4.14. The van der Waals surface area contributed by atoms with E-state index in [0.717, 1.165) is 12.5 Å². The molecule has 2 aliphatic rings. The van der Waals surface area contributed by atoms with E-state index < -0.39 is 0 Å². The number of nitrogens with one attached hydrogen (secondary N) is 1. The predicted molar refractivity (Wildman–Crippen MR) is 62.8 cm³/mol. The normalized spacial score (nSPS) is 34.0. The van der Waals surface area contributed by atoms with E-state index in [1.54, 1.807) is 0 Å². The Morgan fingerprint density at radius 3 is 2.73 bits per heavy atom. The van der Waals surface area contributed by atoms with Gasteiger partial charge in [0, 0.05) is 12.6 Å². The zero-order valence-electron chi connectivity index (χ0n) is 9.91. The van der Waals surface area contributed by atoms with E-state index in [4.69, 9.17) is 0 Å². The van der Waals surface area contributed by atoms with Crippen molar-refractivity contribution in [3.05, 3.63) is 0 Å². The lowest BCUT2D eigenvalue weighted by Crippen LogP contribution is -2.39. The molecule has 3 atom stereocenters. The van der Waals surface area contributed by atoms with Gasteiger partial charge in [0.2, 0.25) is 0 Å². The van der Waals surface area contributed by atoms with Gasteiger partial charge in [0.05, 0.1) is 6.10 Å². The Labute approximate surface area is 93.5 Å². The lowest BCUT2D eigenvalue weighted by atomic mass is 9.84. The minimum atomic E-state index is -0.0768. The Bertz CT molecular complexity index is 191. The van der Waals surface area contributed by atoms with Crippen LogP contribution in [-0.4, -0.2) is 23.8 Å². The first-order chi connectivity index (χ1) is 7.29. The van der Waals surface area contributed by atoms with Crippen LogP contribution >= 0.6 is 0 Å². The molecule has 0 amide bonds. The van der Waals surface area contributed by atoms with Crippen molar-refractivity contribution in [3.63, 3.8) is 0 Å². The first-order valence-electron chi connectivity index (χ1n) is 6.71. The molecule has 0 aromatic heterocycles. The fourth-order valence-corrected chi connectivity index (χ4v) is 2.78. The van der Waals surface area contributed by atoms with Gasteiger partial charge in [-0.25, -0.2) is 0 Å². The van der Waals surface area contributed by atoms with E-state index in [-0.39, 0.29) is 6.10 Å². The van der Waals surface area contributed by atoms with Crippen molar-refractivity contribution in [2.24, 2.45) is 11.8 Å². The minimum absolute atomic E-state index is 0.0768. The molecule has 2 saturated carbocycles. The SMILES string of the molecule is CCC1CCCC(NCC(O)C2CC2)C1. The van der Waals surface area contributed by atoms with Crippen molar-refractivity contribution < 1.29 is 5.11 Å². The molecule has 0 saturated heterocycles. The summed E-state index contributed by atoms with van der Waals surface area (Å²) in [5, 5.41) is 13.3. The van der Waals surface area contributed by atoms with E-state index in [2.05, 4.69) is 12.2 Å². The maximum atomic E-state index is 9.78. The van der Waals surface area contributed by atoms with Crippen LogP contribution in [0.2, 0.25) is 0 Å². The highest BCUT2D eigenvalue weighted by Gasteiger charge is 2.30. The van der Waals surface area contributed by atoms with Gasteiger partial charge in [-0.3, -0.25) is 0 Å². The topological polar surface area (TPSA) is 32.3 Å². The molecule has 2 nitrogen and oxygen atoms in total. The molecule has 2 N–H and O–H groups in total. The van der Waals surface area contributed by atoms with Crippen molar-refractivity contribution in [2.45, 2.75) is 64.0 Å². The number of rotatable bonds is 5. The maximum absolute atomic E-state index is 9.78. The van der Waals surface area contributed by atoms with Gasteiger partial charge in [0.25, 0.3) is 0 Å². The van der Waals surface area contributed by atoms with Gasteiger partial charge in [-0.2, -0.15) is 0 Å². The van der Waals surface area contributed by atoms with Gasteiger partial charge in [-0.15, -0.1) is 0 Å². The van der Waals surface area contributed by atoms with Gasteiger partial charge in [-0.05, 0) is 37.5 Å². The summed E-state index contributed by atoms with van der Waals surface area (Å²) in [6.45, 7) is 3.12. The largest absolute Gasteiger partial charge is 0.392 e. The second-order valence-electron chi connectivity index (χ2n) is 5.45. The summed E-state index contributed by atoms with van der Waals surface area (Å²) in [6.07, 6.45) is 9.16. The lowest BCUT2D eigenvalue weighted by molar-refractivity contribution is 0.138. The molecular formula is C13H25NO. The van der Waals surface area contributed by atoms with Gasteiger partial charge >= 0.3 is 0 Å². The number of aliphatic hydroxyl groups is 1. The van der Waals surface area contributed by atoms with E-state index in [0.29, 0.717) is 12.0 Å². The summed E-state index contributed by atoms with van der Waals surface area (Å²) in [5.74, 6) is 1.54. The Balaban J connectivity index is 1.64. The quantitative estimate of drug-likeness (QED) is 0.731. The molecular weight excluding hydrogens is 186 g/mol.